The molecule has 1 aromatic rings. The molecule has 0 aliphatic carbocycles. The second kappa shape index (κ2) is 3.55. The van der Waals surface area contributed by atoms with E-state index in [2.05, 4.69) is 0 Å². The van der Waals surface area contributed by atoms with Gasteiger partial charge in [-0.2, -0.15) is 0 Å². The Hall–Kier alpha value is -0.0713. The van der Waals surface area contributed by atoms with Gasteiger partial charge in [0.05, 0.1) is 0 Å². The summed E-state index contributed by atoms with van der Waals surface area (Å²) in [4.78, 5) is 0. The molecular formula is C6H6O3SSn. The average molecular weight is 277 g/mol. The third-order valence-corrected chi connectivity index (χ3v) is 6.69. The molecule has 58 valence electrons. The summed E-state index contributed by atoms with van der Waals surface area (Å²) in [6, 6.07) is 8.79. The van der Waals surface area contributed by atoms with Gasteiger partial charge < -0.3 is 0 Å². The number of benzene rings is 1. The summed E-state index contributed by atoms with van der Waals surface area (Å²) in [6.07, 6.45) is 0. The first kappa shape index (κ1) is 9.02. The Bertz CT molecular complexity index is 319. The van der Waals surface area contributed by atoms with Gasteiger partial charge in [-0.1, -0.05) is 0 Å². The number of hydrogen-bond donors (Lipinski definition) is 1. The summed E-state index contributed by atoms with van der Waals surface area (Å²) in [5, 5.41) is 0. The van der Waals surface area contributed by atoms with E-state index in [1.54, 1.807) is 24.3 Å². The molecule has 0 aromatic heterocycles. The van der Waals surface area contributed by atoms with Gasteiger partial charge in [-0.3, -0.25) is 0 Å². The van der Waals surface area contributed by atoms with E-state index in [1.807, 2.05) is 6.07 Å². The first-order valence-corrected chi connectivity index (χ1v) is 9.24. The van der Waals surface area contributed by atoms with Crippen molar-refractivity contribution in [3.63, 3.8) is 0 Å². The molecule has 5 heteroatoms. The van der Waals surface area contributed by atoms with E-state index >= 15 is 0 Å². The SMILES string of the molecule is O=[S](=O)(O)[Sn][c]1ccccc1. The zero-order valence-electron chi connectivity index (χ0n) is 5.56. The molecule has 0 heterocycles. The van der Waals surface area contributed by atoms with Gasteiger partial charge in [0.1, 0.15) is 0 Å². The van der Waals surface area contributed by atoms with Crippen LogP contribution in [0.4, 0.5) is 0 Å². The fourth-order valence-corrected chi connectivity index (χ4v) is 5.35. The Kier molecular flexibility index (Phi) is 2.91. The van der Waals surface area contributed by atoms with E-state index in [-0.39, 0.29) is 0 Å². The van der Waals surface area contributed by atoms with E-state index in [0.717, 1.165) is 3.58 Å². The minimum absolute atomic E-state index is 0.763. The van der Waals surface area contributed by atoms with Crippen molar-refractivity contribution in [2.24, 2.45) is 0 Å². The number of rotatable bonds is 2. The summed E-state index contributed by atoms with van der Waals surface area (Å²) in [5.41, 5.74) is 0. The Labute approximate surface area is 73.9 Å². The van der Waals surface area contributed by atoms with E-state index in [0.29, 0.717) is 0 Å². The summed E-state index contributed by atoms with van der Waals surface area (Å²) in [5.74, 6) is 0. The third-order valence-electron chi connectivity index (χ3n) is 1.02. The van der Waals surface area contributed by atoms with Crippen molar-refractivity contribution >= 4 is 30.6 Å². The standard InChI is InChI=1S/C6H5.HO3S.Sn/c1-2-4-6-5-3-1;1-4(2)3;/h1-5H;(H,1,2,3);. The Balaban J connectivity index is 2.82. The summed E-state index contributed by atoms with van der Waals surface area (Å²) < 4.78 is 30.1. The molecule has 2 radical (unpaired) electrons. The van der Waals surface area contributed by atoms with Gasteiger partial charge in [-0.05, 0) is 0 Å². The molecule has 0 bridgehead atoms. The Morgan fingerprint density at radius 1 is 1.18 bits per heavy atom. The average Bonchev–Trinajstić information content (AvgIpc) is 1.85. The molecule has 1 aromatic carbocycles. The van der Waals surface area contributed by atoms with Crippen LogP contribution in [0, 0.1) is 0 Å². The van der Waals surface area contributed by atoms with Crippen LogP contribution in [0.1, 0.15) is 0 Å². The fraction of sp³-hybridized carbons (Fsp3) is 0. The van der Waals surface area contributed by atoms with Crippen LogP contribution in [-0.2, 0) is 7.30 Å². The van der Waals surface area contributed by atoms with Gasteiger partial charge in [0, 0.05) is 0 Å². The topological polar surface area (TPSA) is 54.4 Å². The van der Waals surface area contributed by atoms with Crippen molar-refractivity contribution in [2.45, 2.75) is 0 Å². The first-order chi connectivity index (χ1) is 5.08. The van der Waals surface area contributed by atoms with E-state index < -0.39 is 27.1 Å². The first-order valence-electron chi connectivity index (χ1n) is 2.88. The molecule has 0 amide bonds. The molecule has 3 nitrogen and oxygen atoms in total. The van der Waals surface area contributed by atoms with Gasteiger partial charge in [0.15, 0.2) is 0 Å². The van der Waals surface area contributed by atoms with Gasteiger partial charge in [-0.15, -0.1) is 0 Å². The van der Waals surface area contributed by atoms with Gasteiger partial charge >= 0.3 is 73.9 Å². The molecule has 0 saturated carbocycles. The Morgan fingerprint density at radius 3 is 2.18 bits per heavy atom. The van der Waals surface area contributed by atoms with Gasteiger partial charge in [0.2, 0.25) is 0 Å². The second-order valence-electron chi connectivity index (χ2n) is 1.94. The van der Waals surface area contributed by atoms with Crippen LogP contribution in [0.5, 0.6) is 0 Å². The molecule has 0 fully saturated rings. The molecule has 0 saturated heterocycles. The van der Waals surface area contributed by atoms with Crippen molar-refractivity contribution in [2.75, 3.05) is 0 Å². The maximum absolute atomic E-state index is 10.4. The zero-order valence-corrected chi connectivity index (χ0v) is 9.23. The molecule has 1 rings (SSSR count). The van der Waals surface area contributed by atoms with Crippen LogP contribution in [0.25, 0.3) is 0 Å². The predicted octanol–water partition coefficient (Wildman–Crippen LogP) is -0.181. The van der Waals surface area contributed by atoms with Crippen molar-refractivity contribution in [3.05, 3.63) is 30.3 Å². The molecule has 0 aliphatic heterocycles. The fourth-order valence-electron chi connectivity index (χ4n) is 0.655. The van der Waals surface area contributed by atoms with E-state index in [4.69, 9.17) is 4.55 Å². The Morgan fingerprint density at radius 2 is 1.73 bits per heavy atom. The molecule has 11 heavy (non-hydrogen) atoms. The normalized spacial score (nSPS) is 11.4. The summed E-state index contributed by atoms with van der Waals surface area (Å²) in [7, 11) is -3.71. The van der Waals surface area contributed by atoms with Crippen molar-refractivity contribution < 1.29 is 13.0 Å². The van der Waals surface area contributed by atoms with Crippen LogP contribution in [-0.4, -0.2) is 32.7 Å². The molecule has 0 unspecified atom stereocenters. The molecular weight excluding hydrogens is 271 g/mol. The quantitative estimate of drug-likeness (QED) is 0.602. The van der Waals surface area contributed by atoms with Crippen molar-refractivity contribution in [1.29, 1.82) is 0 Å². The summed E-state index contributed by atoms with van der Waals surface area (Å²) in [6.45, 7) is 0. The van der Waals surface area contributed by atoms with Crippen LogP contribution in [0.15, 0.2) is 30.3 Å². The number of hydrogen-bond acceptors (Lipinski definition) is 2. The zero-order chi connectivity index (χ0) is 8.32. The minimum atomic E-state index is -3.71. The maximum atomic E-state index is 10.4. The van der Waals surface area contributed by atoms with Crippen molar-refractivity contribution in [1.82, 2.24) is 0 Å². The molecule has 0 spiro atoms. The van der Waals surface area contributed by atoms with Crippen LogP contribution in [0.2, 0.25) is 0 Å². The molecule has 1 N–H and O–H groups in total. The summed E-state index contributed by atoms with van der Waals surface area (Å²) >= 11 is -1.82. The van der Waals surface area contributed by atoms with Gasteiger partial charge in [0.25, 0.3) is 0 Å². The second-order valence-corrected chi connectivity index (χ2v) is 10.9. The monoisotopic (exact) mass is 278 g/mol. The van der Waals surface area contributed by atoms with Crippen LogP contribution < -0.4 is 3.58 Å². The third kappa shape index (κ3) is 3.73. The predicted molar refractivity (Wildman–Crippen MR) is 43.4 cm³/mol. The van der Waals surface area contributed by atoms with E-state index in [1.165, 1.54) is 0 Å². The molecule has 0 atom stereocenters. The van der Waals surface area contributed by atoms with Crippen molar-refractivity contribution in [3.8, 4) is 0 Å². The van der Waals surface area contributed by atoms with Gasteiger partial charge in [-0.25, -0.2) is 0 Å². The van der Waals surface area contributed by atoms with E-state index in [9.17, 15) is 8.42 Å². The molecule has 0 aliphatic rings. The van der Waals surface area contributed by atoms with Crippen LogP contribution in [0.3, 0.4) is 0 Å². The van der Waals surface area contributed by atoms with Crippen LogP contribution >= 0.6 is 0 Å².